The summed E-state index contributed by atoms with van der Waals surface area (Å²) in [7, 11) is 0. The summed E-state index contributed by atoms with van der Waals surface area (Å²) in [5.74, 6) is 1.89. The smallest absolute Gasteiger partial charge is 0.0575 e. The molecule has 0 bridgehead atoms. The summed E-state index contributed by atoms with van der Waals surface area (Å²) in [6.45, 7) is 10.6. The molecule has 1 aliphatic heterocycles. The van der Waals surface area contributed by atoms with Crippen molar-refractivity contribution >= 4 is 0 Å². The number of hydrogen-bond donors (Lipinski definition) is 0. The molecule has 3 fully saturated rings. The Balaban J connectivity index is 1.40. The first-order chi connectivity index (χ1) is 10.1. The highest BCUT2D eigenvalue weighted by Gasteiger charge is 2.47. The molecular formula is C19H35NO. The SMILES string of the molecule is CCOC1CCC2(CC1)CN(C1CCC(C(C)C)CC1)C2. The maximum Gasteiger partial charge on any atom is 0.0575 e. The van der Waals surface area contributed by atoms with Crippen molar-refractivity contribution < 1.29 is 4.74 Å². The lowest BCUT2D eigenvalue weighted by molar-refractivity contribution is -0.0930. The molecule has 2 nitrogen and oxygen atoms in total. The van der Waals surface area contributed by atoms with Crippen molar-refractivity contribution in [1.82, 2.24) is 4.90 Å². The van der Waals surface area contributed by atoms with E-state index in [0.717, 1.165) is 24.5 Å². The number of rotatable bonds is 4. The van der Waals surface area contributed by atoms with Crippen LogP contribution in [0.4, 0.5) is 0 Å². The van der Waals surface area contributed by atoms with Crippen LogP contribution in [0.15, 0.2) is 0 Å². The molecule has 0 aromatic carbocycles. The molecule has 2 saturated carbocycles. The molecule has 0 aromatic heterocycles. The van der Waals surface area contributed by atoms with Gasteiger partial charge in [-0.05, 0) is 75.5 Å². The molecule has 3 rings (SSSR count). The number of nitrogens with zero attached hydrogens (tertiary/aromatic N) is 1. The molecule has 21 heavy (non-hydrogen) atoms. The number of ether oxygens (including phenoxy) is 1. The van der Waals surface area contributed by atoms with Crippen molar-refractivity contribution in [2.75, 3.05) is 19.7 Å². The summed E-state index contributed by atoms with van der Waals surface area (Å²) in [5.41, 5.74) is 0.683. The molecular weight excluding hydrogens is 258 g/mol. The predicted molar refractivity (Wildman–Crippen MR) is 88.5 cm³/mol. The van der Waals surface area contributed by atoms with Crippen LogP contribution in [0.2, 0.25) is 0 Å². The molecule has 0 radical (unpaired) electrons. The van der Waals surface area contributed by atoms with Gasteiger partial charge in [-0.3, -0.25) is 4.90 Å². The lowest BCUT2D eigenvalue weighted by Gasteiger charge is -2.57. The van der Waals surface area contributed by atoms with E-state index in [1.165, 1.54) is 64.5 Å². The van der Waals surface area contributed by atoms with Crippen LogP contribution < -0.4 is 0 Å². The van der Waals surface area contributed by atoms with Crippen LogP contribution in [0, 0.1) is 17.3 Å². The Morgan fingerprint density at radius 3 is 2.14 bits per heavy atom. The molecule has 0 N–H and O–H groups in total. The zero-order valence-electron chi connectivity index (χ0n) is 14.4. The van der Waals surface area contributed by atoms with Crippen LogP contribution in [-0.4, -0.2) is 36.7 Å². The summed E-state index contributed by atoms with van der Waals surface area (Å²) in [6.07, 6.45) is 11.9. The third-order valence-electron chi connectivity index (χ3n) is 6.67. The van der Waals surface area contributed by atoms with E-state index in [9.17, 15) is 0 Å². The lowest BCUT2D eigenvalue weighted by Crippen LogP contribution is -2.61. The van der Waals surface area contributed by atoms with Crippen molar-refractivity contribution in [1.29, 1.82) is 0 Å². The number of hydrogen-bond acceptors (Lipinski definition) is 2. The average Bonchev–Trinajstić information content (AvgIpc) is 2.46. The van der Waals surface area contributed by atoms with Crippen LogP contribution in [0.1, 0.15) is 72.1 Å². The molecule has 3 aliphatic rings. The van der Waals surface area contributed by atoms with Gasteiger partial charge in [0.1, 0.15) is 0 Å². The van der Waals surface area contributed by atoms with Crippen LogP contribution in [0.5, 0.6) is 0 Å². The highest BCUT2D eigenvalue weighted by Crippen LogP contribution is 2.47. The van der Waals surface area contributed by atoms with Gasteiger partial charge in [-0.25, -0.2) is 0 Å². The minimum absolute atomic E-state index is 0.566. The summed E-state index contributed by atoms with van der Waals surface area (Å²) < 4.78 is 5.81. The normalized spacial score (nSPS) is 34.3. The Morgan fingerprint density at radius 1 is 1.00 bits per heavy atom. The third kappa shape index (κ3) is 3.47. The largest absolute Gasteiger partial charge is 0.379 e. The molecule has 2 aliphatic carbocycles. The average molecular weight is 293 g/mol. The second kappa shape index (κ2) is 6.58. The molecule has 0 aromatic rings. The Kier molecular flexibility index (Phi) is 4.95. The first-order valence-electron chi connectivity index (χ1n) is 9.47. The van der Waals surface area contributed by atoms with Gasteiger partial charge in [0.2, 0.25) is 0 Å². The van der Waals surface area contributed by atoms with Gasteiger partial charge < -0.3 is 4.74 Å². The van der Waals surface area contributed by atoms with Gasteiger partial charge in [0.05, 0.1) is 6.10 Å². The monoisotopic (exact) mass is 293 g/mol. The Hall–Kier alpha value is -0.0800. The fraction of sp³-hybridized carbons (Fsp3) is 1.00. The minimum Gasteiger partial charge on any atom is -0.379 e. The molecule has 2 heteroatoms. The van der Waals surface area contributed by atoms with Gasteiger partial charge in [0.15, 0.2) is 0 Å². The standard InChI is InChI=1S/C19H35NO/c1-4-21-18-9-11-19(12-10-18)13-20(14-19)17-7-5-16(6-8-17)15(2)3/h15-18H,4-14H2,1-3H3. The van der Waals surface area contributed by atoms with Crippen molar-refractivity contribution in [3.63, 3.8) is 0 Å². The van der Waals surface area contributed by atoms with Gasteiger partial charge in [-0.2, -0.15) is 0 Å². The maximum atomic E-state index is 5.81. The molecule has 0 amide bonds. The van der Waals surface area contributed by atoms with Crippen molar-refractivity contribution in [3.8, 4) is 0 Å². The van der Waals surface area contributed by atoms with E-state index in [1.54, 1.807) is 0 Å². The number of likely N-dealkylation sites (tertiary alicyclic amines) is 1. The van der Waals surface area contributed by atoms with Crippen LogP contribution in [0.3, 0.4) is 0 Å². The van der Waals surface area contributed by atoms with Crippen LogP contribution in [0.25, 0.3) is 0 Å². The molecule has 1 spiro atoms. The summed E-state index contributed by atoms with van der Waals surface area (Å²) in [5, 5.41) is 0. The first kappa shape index (κ1) is 15.8. The molecule has 122 valence electrons. The van der Waals surface area contributed by atoms with Crippen molar-refractivity contribution in [2.45, 2.75) is 84.3 Å². The summed E-state index contributed by atoms with van der Waals surface area (Å²) in [4.78, 5) is 2.82. The van der Waals surface area contributed by atoms with Gasteiger partial charge in [0.25, 0.3) is 0 Å². The minimum atomic E-state index is 0.566. The zero-order valence-corrected chi connectivity index (χ0v) is 14.4. The van der Waals surface area contributed by atoms with Crippen molar-refractivity contribution in [2.24, 2.45) is 17.3 Å². The van der Waals surface area contributed by atoms with Crippen LogP contribution in [-0.2, 0) is 4.74 Å². The molecule has 0 unspecified atom stereocenters. The van der Waals surface area contributed by atoms with E-state index in [2.05, 4.69) is 25.7 Å². The fourth-order valence-electron chi connectivity index (χ4n) is 5.13. The fourth-order valence-corrected chi connectivity index (χ4v) is 5.13. The molecule has 1 heterocycles. The third-order valence-corrected chi connectivity index (χ3v) is 6.67. The quantitative estimate of drug-likeness (QED) is 0.757. The first-order valence-corrected chi connectivity index (χ1v) is 9.47. The highest BCUT2D eigenvalue weighted by molar-refractivity contribution is 5.00. The Morgan fingerprint density at radius 2 is 1.62 bits per heavy atom. The van der Waals surface area contributed by atoms with Crippen molar-refractivity contribution in [3.05, 3.63) is 0 Å². The van der Waals surface area contributed by atoms with E-state index < -0.39 is 0 Å². The van der Waals surface area contributed by atoms with E-state index in [0.29, 0.717) is 11.5 Å². The second-order valence-corrected chi connectivity index (χ2v) is 8.37. The lowest BCUT2D eigenvalue weighted by atomic mass is 9.66. The summed E-state index contributed by atoms with van der Waals surface area (Å²) >= 11 is 0. The van der Waals surface area contributed by atoms with E-state index in [-0.39, 0.29) is 0 Å². The molecule has 1 saturated heterocycles. The maximum absolute atomic E-state index is 5.81. The highest BCUT2D eigenvalue weighted by atomic mass is 16.5. The zero-order chi connectivity index (χ0) is 14.9. The van der Waals surface area contributed by atoms with E-state index >= 15 is 0 Å². The Bertz CT molecular complexity index is 316. The van der Waals surface area contributed by atoms with E-state index in [4.69, 9.17) is 4.74 Å². The second-order valence-electron chi connectivity index (χ2n) is 8.37. The van der Waals surface area contributed by atoms with E-state index in [1.807, 2.05) is 0 Å². The predicted octanol–water partition coefficient (Wildman–Crippen LogP) is 4.48. The topological polar surface area (TPSA) is 12.5 Å². The molecule has 0 atom stereocenters. The summed E-state index contributed by atoms with van der Waals surface area (Å²) in [6, 6.07) is 0.912. The Labute approximate surface area is 131 Å². The van der Waals surface area contributed by atoms with Gasteiger partial charge in [0, 0.05) is 25.7 Å². The van der Waals surface area contributed by atoms with Crippen LogP contribution >= 0.6 is 0 Å². The van der Waals surface area contributed by atoms with Gasteiger partial charge >= 0.3 is 0 Å². The van der Waals surface area contributed by atoms with Gasteiger partial charge in [-0.15, -0.1) is 0 Å². The van der Waals surface area contributed by atoms with Gasteiger partial charge in [-0.1, -0.05) is 13.8 Å².